The van der Waals surface area contributed by atoms with Crippen LogP contribution in [-0.2, 0) is 49.0 Å². The number of nitrogen functional groups attached to an aromatic ring is 1. The van der Waals surface area contributed by atoms with Crippen molar-refractivity contribution in [2.75, 3.05) is 25.5 Å². The quantitative estimate of drug-likeness (QED) is 0.0391. The average molecular weight is 731 g/mol. The molecule has 18 nitrogen and oxygen atoms in total. The number of ether oxygens (including phenoxy) is 4. The third kappa shape index (κ3) is 19.2. The van der Waals surface area contributed by atoms with E-state index in [0.717, 1.165) is 19.3 Å². The van der Waals surface area contributed by atoms with E-state index in [1.165, 1.54) is 45.4 Å². The number of rotatable bonds is 23. The Morgan fingerprint density at radius 3 is 2.16 bits per heavy atom. The number of fused-ring (bicyclic) bond motifs is 1. The Kier molecular flexibility index (Phi) is 21.2. The molecule has 0 saturated heterocycles. The molecule has 0 radical (unpaired) electrons. The van der Waals surface area contributed by atoms with Gasteiger partial charge in [0.05, 0.1) is 31.7 Å². The first-order valence-corrected chi connectivity index (χ1v) is 18.2. The van der Waals surface area contributed by atoms with Gasteiger partial charge >= 0.3 is 24.1 Å². The molecule has 282 valence electrons. The maximum atomic E-state index is 13.7. The predicted molar refractivity (Wildman–Crippen MR) is 182 cm³/mol. The Morgan fingerprint density at radius 2 is 1.56 bits per heavy atom. The van der Waals surface area contributed by atoms with Crippen LogP contribution in [0, 0.1) is 0 Å². The molecule has 2 heterocycles. The summed E-state index contributed by atoms with van der Waals surface area (Å²) < 4.78 is 41.8. The second-order valence-electron chi connectivity index (χ2n) is 11.4. The number of carbonyl (C=O) groups is 4. The van der Waals surface area contributed by atoms with Crippen LogP contribution in [0.4, 0.5) is 10.6 Å². The van der Waals surface area contributed by atoms with E-state index < -0.39 is 63.0 Å². The van der Waals surface area contributed by atoms with Gasteiger partial charge in [-0.2, -0.15) is 0 Å². The lowest BCUT2D eigenvalue weighted by molar-refractivity contribution is -0.145. The highest BCUT2D eigenvalue weighted by molar-refractivity contribution is 7.56. The monoisotopic (exact) mass is 730 g/mol. The van der Waals surface area contributed by atoms with Gasteiger partial charge in [-0.25, -0.2) is 34.4 Å². The van der Waals surface area contributed by atoms with Crippen LogP contribution in [0.2, 0.25) is 0 Å². The fraction of sp³-hybridized carbons (Fsp3) is 0.645. The number of carbonyl (C=O) groups excluding carboxylic acids is 2. The maximum Gasteiger partial charge on any atom is 0.510 e. The first-order chi connectivity index (χ1) is 23.7. The minimum absolute atomic E-state index is 0.258. The molecule has 3 atom stereocenters. The van der Waals surface area contributed by atoms with Crippen LogP contribution in [0.1, 0.15) is 86.0 Å². The lowest BCUT2D eigenvalue weighted by Crippen LogP contribution is -2.35. The van der Waals surface area contributed by atoms with E-state index in [1.54, 1.807) is 31.7 Å². The topological polar surface area (TPSA) is 254 Å². The molecule has 0 amide bonds. The van der Waals surface area contributed by atoms with E-state index in [1.807, 2.05) is 0 Å². The zero-order valence-corrected chi connectivity index (χ0v) is 30.2. The zero-order chi connectivity index (χ0) is 37.5. The van der Waals surface area contributed by atoms with Crippen molar-refractivity contribution in [3.8, 4) is 0 Å². The third-order valence-electron chi connectivity index (χ3n) is 6.54. The van der Waals surface area contributed by atoms with Crippen LogP contribution in [-0.4, -0.2) is 91.8 Å². The van der Waals surface area contributed by atoms with E-state index >= 15 is 0 Å². The normalized spacial score (nSPS) is 13.6. The van der Waals surface area contributed by atoms with Gasteiger partial charge in [-0.05, 0) is 34.1 Å². The molecule has 1 unspecified atom stereocenters. The Labute approximate surface area is 291 Å². The van der Waals surface area contributed by atoms with Crippen molar-refractivity contribution in [2.45, 2.75) is 111 Å². The number of nitrogens with one attached hydrogen (secondary N) is 1. The van der Waals surface area contributed by atoms with Crippen LogP contribution in [0.25, 0.3) is 11.2 Å². The second kappa shape index (κ2) is 24.1. The van der Waals surface area contributed by atoms with E-state index in [-0.39, 0.29) is 12.4 Å². The molecule has 50 heavy (non-hydrogen) atoms. The molecule has 0 aliphatic rings. The summed E-state index contributed by atoms with van der Waals surface area (Å²) in [6.45, 7) is 8.71. The maximum absolute atomic E-state index is 13.7. The smallest absolute Gasteiger partial charge is 0.478 e. The molecule has 0 aromatic carbocycles. The molecule has 0 saturated carbocycles. The molecule has 19 heteroatoms. The SMILES string of the molecule is CCCCCCCCCCOC(=O)[C@H](C)NP(=O)(CO[C@H](C)Cn1cnc2c(N)ncnc21)OCOC(=O)OC(C)C.O=C(O)/C=C/C(=O)O. The lowest BCUT2D eigenvalue weighted by atomic mass is 10.1. The molecule has 2 aromatic heterocycles. The molecular weight excluding hydrogens is 679 g/mol. The summed E-state index contributed by atoms with van der Waals surface area (Å²) >= 11 is 0. The van der Waals surface area contributed by atoms with Gasteiger partial charge in [0.1, 0.15) is 24.2 Å². The first-order valence-electron chi connectivity index (χ1n) is 16.4. The fourth-order valence-electron chi connectivity index (χ4n) is 4.11. The Bertz CT molecular complexity index is 1400. The molecule has 0 aliphatic heterocycles. The number of anilines is 1. The van der Waals surface area contributed by atoms with Gasteiger partial charge < -0.3 is 39.5 Å². The van der Waals surface area contributed by atoms with E-state index in [0.29, 0.717) is 29.9 Å². The molecule has 0 fully saturated rings. The number of carboxylic acid groups (broad SMARTS) is 2. The van der Waals surface area contributed by atoms with Crippen LogP contribution in [0.15, 0.2) is 24.8 Å². The number of unbranched alkanes of at least 4 members (excludes halogenated alkanes) is 7. The largest absolute Gasteiger partial charge is 0.510 e. The number of aliphatic carboxylic acids is 2. The average Bonchev–Trinajstić information content (AvgIpc) is 3.45. The minimum Gasteiger partial charge on any atom is -0.478 e. The van der Waals surface area contributed by atoms with Crippen molar-refractivity contribution < 1.29 is 57.4 Å². The fourth-order valence-corrected chi connectivity index (χ4v) is 5.70. The number of nitrogens with two attached hydrogens (primary N) is 1. The Hall–Kier alpha value is -4.12. The van der Waals surface area contributed by atoms with Gasteiger partial charge in [-0.3, -0.25) is 13.9 Å². The number of hydrogen-bond acceptors (Lipinski definition) is 14. The summed E-state index contributed by atoms with van der Waals surface area (Å²) in [5, 5.41) is 18.3. The highest BCUT2D eigenvalue weighted by atomic mass is 31.2. The predicted octanol–water partition coefficient (Wildman–Crippen LogP) is 4.87. The lowest BCUT2D eigenvalue weighted by Gasteiger charge is -2.24. The molecule has 5 N–H and O–H groups in total. The van der Waals surface area contributed by atoms with Gasteiger partial charge in [0.2, 0.25) is 6.79 Å². The Morgan fingerprint density at radius 1 is 0.940 bits per heavy atom. The van der Waals surface area contributed by atoms with Crippen molar-refractivity contribution in [1.29, 1.82) is 0 Å². The van der Waals surface area contributed by atoms with Crippen molar-refractivity contribution in [3.63, 3.8) is 0 Å². The van der Waals surface area contributed by atoms with Crippen molar-refractivity contribution in [2.24, 2.45) is 0 Å². The summed E-state index contributed by atoms with van der Waals surface area (Å²) in [5.74, 6) is -2.83. The van der Waals surface area contributed by atoms with Crippen LogP contribution in [0.5, 0.6) is 0 Å². The highest BCUT2D eigenvalue weighted by Crippen LogP contribution is 2.43. The van der Waals surface area contributed by atoms with Gasteiger partial charge in [-0.1, -0.05) is 51.9 Å². The molecule has 2 aromatic rings. The minimum atomic E-state index is -3.86. The molecular formula is C31H51N6O12P. The molecule has 0 bridgehead atoms. The number of aromatic nitrogens is 4. The molecule has 2 rings (SSSR count). The van der Waals surface area contributed by atoms with Crippen LogP contribution >= 0.6 is 7.52 Å². The second-order valence-corrected chi connectivity index (χ2v) is 13.5. The molecule has 0 aliphatic carbocycles. The number of imidazole rings is 1. The van der Waals surface area contributed by atoms with E-state index in [9.17, 15) is 23.7 Å². The zero-order valence-electron chi connectivity index (χ0n) is 29.3. The summed E-state index contributed by atoms with van der Waals surface area (Å²) in [6.07, 6.45) is 10.7. The van der Waals surface area contributed by atoms with Gasteiger partial charge in [0.25, 0.3) is 7.52 Å². The summed E-state index contributed by atoms with van der Waals surface area (Å²) in [5.41, 5.74) is 6.84. The summed E-state index contributed by atoms with van der Waals surface area (Å²) in [4.78, 5) is 55.8. The van der Waals surface area contributed by atoms with E-state index in [4.69, 9.17) is 39.4 Å². The van der Waals surface area contributed by atoms with Gasteiger partial charge in [0, 0.05) is 12.2 Å². The van der Waals surface area contributed by atoms with Gasteiger partial charge in [-0.15, -0.1) is 0 Å². The van der Waals surface area contributed by atoms with Crippen LogP contribution < -0.4 is 10.8 Å². The van der Waals surface area contributed by atoms with Gasteiger partial charge in [0.15, 0.2) is 11.5 Å². The number of nitrogens with zero attached hydrogens (tertiary/aromatic N) is 4. The first kappa shape index (κ1) is 43.9. The van der Waals surface area contributed by atoms with Crippen molar-refractivity contribution in [1.82, 2.24) is 24.6 Å². The summed E-state index contributed by atoms with van der Waals surface area (Å²) in [6, 6.07) is -0.969. The van der Waals surface area contributed by atoms with Crippen molar-refractivity contribution >= 4 is 48.6 Å². The Balaban J connectivity index is 0.00000139. The number of esters is 1. The summed E-state index contributed by atoms with van der Waals surface area (Å²) in [7, 11) is -3.86. The number of hydrogen-bond donors (Lipinski definition) is 4. The highest BCUT2D eigenvalue weighted by Gasteiger charge is 2.31. The van der Waals surface area contributed by atoms with Crippen molar-refractivity contribution in [3.05, 3.63) is 24.8 Å². The third-order valence-corrected chi connectivity index (χ3v) is 8.33. The van der Waals surface area contributed by atoms with Crippen LogP contribution in [0.3, 0.4) is 0 Å². The molecule has 0 spiro atoms. The standard InChI is InChI=1S/C27H47N6O8P.C4H4O4/c1-6-7-8-9-10-11-12-13-14-37-26(34)22(5)32-42(36,40-18-38-27(35)41-20(2)3)19-39-21(4)15-33-17-31-23-24(28)29-16-30-25(23)33;5-3(6)1-2-4(7)8/h16-17,20-22H,6-15,18-19H2,1-5H3,(H,32,36)(H2,28,29,30);1-2H,(H,5,6)(H,7,8)/b;2-1+/t21-,22+,42?;/m1./s1. The number of carboxylic acids is 2. The van der Waals surface area contributed by atoms with E-state index in [2.05, 4.69) is 27.0 Å².